The topological polar surface area (TPSA) is 74.4 Å². The minimum absolute atomic E-state index is 0.170. The molecule has 6 heteroatoms. The zero-order valence-electron chi connectivity index (χ0n) is 15.3. The van der Waals surface area contributed by atoms with Crippen LogP contribution in [0.1, 0.15) is 35.7 Å². The van der Waals surface area contributed by atoms with Gasteiger partial charge in [0.15, 0.2) is 0 Å². The number of carbonyl (C=O) groups excluding carboxylic acids is 1. The molecule has 1 fully saturated rings. The Morgan fingerprint density at radius 1 is 1.38 bits per heavy atom. The Kier molecular flexibility index (Phi) is 4.75. The molecule has 1 amide bonds. The summed E-state index contributed by atoms with van der Waals surface area (Å²) in [5.41, 5.74) is 1.74. The summed E-state index contributed by atoms with van der Waals surface area (Å²) in [5.74, 6) is 2.35. The Balaban J connectivity index is 2.17. The zero-order chi connectivity index (χ0) is 18.9. The van der Waals surface area contributed by atoms with Crippen LogP contribution in [0.3, 0.4) is 0 Å². The molecule has 0 aliphatic carbocycles. The lowest BCUT2D eigenvalue weighted by molar-refractivity contribution is -0.0132. The smallest absolute Gasteiger partial charge is 0.266 e. The number of benzene rings is 1. The third-order valence-electron chi connectivity index (χ3n) is 5.25. The minimum atomic E-state index is -0.289. The molecule has 1 aliphatic heterocycles. The third-order valence-corrected chi connectivity index (χ3v) is 5.25. The van der Waals surface area contributed by atoms with E-state index in [2.05, 4.69) is 28.0 Å². The molecule has 1 aromatic heterocycles. The number of ether oxygens (including phenoxy) is 1. The van der Waals surface area contributed by atoms with Crippen LogP contribution >= 0.6 is 0 Å². The summed E-state index contributed by atoms with van der Waals surface area (Å²) in [6.07, 6.45) is 7.31. The lowest BCUT2D eigenvalue weighted by Crippen LogP contribution is -2.44. The highest BCUT2D eigenvalue weighted by Crippen LogP contribution is 2.33. The molecule has 2 N–H and O–H groups in total. The van der Waals surface area contributed by atoms with Gasteiger partial charge in [0.1, 0.15) is 5.56 Å². The fraction of sp³-hybridized carbons (Fsp3) is 0.400. The van der Waals surface area contributed by atoms with E-state index in [4.69, 9.17) is 11.2 Å². The van der Waals surface area contributed by atoms with E-state index in [-0.39, 0.29) is 17.1 Å². The van der Waals surface area contributed by atoms with E-state index in [0.717, 1.165) is 37.0 Å². The van der Waals surface area contributed by atoms with Crippen LogP contribution < -0.4 is 15.8 Å². The standard InChI is InChI=1S/C20H23N3O3/c1-5-14-17(23-10-8-20(2,26-4)9-11-23)15-12-13(18(24)21-3)6-7-16(15)22-19(14)25/h1,6-7,12H,8-11H2,2-4H3,(H,21,24)(H,22,25). The maximum absolute atomic E-state index is 12.5. The van der Waals surface area contributed by atoms with Gasteiger partial charge >= 0.3 is 0 Å². The van der Waals surface area contributed by atoms with E-state index in [1.807, 2.05) is 0 Å². The molecule has 2 heterocycles. The number of amides is 1. The number of H-pyrrole nitrogens is 1. The quantitative estimate of drug-likeness (QED) is 0.826. The van der Waals surface area contributed by atoms with Crippen molar-refractivity contribution in [3.63, 3.8) is 0 Å². The first-order valence-corrected chi connectivity index (χ1v) is 8.61. The summed E-state index contributed by atoms with van der Waals surface area (Å²) < 4.78 is 5.61. The van der Waals surface area contributed by atoms with Crippen molar-refractivity contribution in [3.8, 4) is 12.3 Å². The van der Waals surface area contributed by atoms with Gasteiger partial charge in [-0.1, -0.05) is 5.92 Å². The van der Waals surface area contributed by atoms with Crippen molar-refractivity contribution < 1.29 is 9.53 Å². The molecule has 0 saturated carbocycles. The van der Waals surface area contributed by atoms with Crippen molar-refractivity contribution in [3.05, 3.63) is 39.7 Å². The number of nitrogens with one attached hydrogen (secondary N) is 2. The SMILES string of the molecule is C#Cc1c(N2CCC(C)(OC)CC2)c2cc(C(=O)NC)ccc2[nH]c1=O. The van der Waals surface area contributed by atoms with E-state index < -0.39 is 0 Å². The largest absolute Gasteiger partial charge is 0.378 e. The molecule has 0 atom stereocenters. The van der Waals surface area contributed by atoms with E-state index in [0.29, 0.717) is 16.6 Å². The van der Waals surface area contributed by atoms with Gasteiger partial charge in [0.05, 0.1) is 16.8 Å². The maximum Gasteiger partial charge on any atom is 0.266 e. The number of rotatable bonds is 3. The van der Waals surface area contributed by atoms with Crippen molar-refractivity contribution >= 4 is 22.5 Å². The number of anilines is 1. The molecule has 0 bridgehead atoms. The second kappa shape index (κ2) is 6.85. The molecule has 26 heavy (non-hydrogen) atoms. The Morgan fingerprint density at radius 2 is 2.08 bits per heavy atom. The number of aromatic nitrogens is 1. The van der Waals surface area contributed by atoms with E-state index in [1.165, 1.54) is 0 Å². The van der Waals surface area contributed by atoms with Gasteiger partial charge < -0.3 is 19.9 Å². The number of aromatic amines is 1. The molecular formula is C20H23N3O3. The average molecular weight is 353 g/mol. The van der Waals surface area contributed by atoms with Crippen LogP contribution in [0, 0.1) is 12.3 Å². The van der Waals surface area contributed by atoms with Gasteiger partial charge in [-0.2, -0.15) is 0 Å². The van der Waals surface area contributed by atoms with Gasteiger partial charge in [0, 0.05) is 38.2 Å². The molecule has 136 valence electrons. The minimum Gasteiger partial charge on any atom is -0.378 e. The summed E-state index contributed by atoms with van der Waals surface area (Å²) in [4.78, 5) is 29.4. The maximum atomic E-state index is 12.5. The molecule has 2 aromatic rings. The molecule has 3 rings (SSSR count). The monoisotopic (exact) mass is 353 g/mol. The second-order valence-corrected chi connectivity index (χ2v) is 6.80. The Labute approximate surface area is 152 Å². The summed E-state index contributed by atoms with van der Waals surface area (Å²) in [5, 5.41) is 3.40. The first-order chi connectivity index (χ1) is 12.4. The van der Waals surface area contributed by atoms with Crippen LogP contribution in [0.4, 0.5) is 5.69 Å². The number of nitrogens with zero attached hydrogens (tertiary/aromatic N) is 1. The van der Waals surface area contributed by atoms with E-state index >= 15 is 0 Å². The van der Waals surface area contributed by atoms with Crippen LogP contribution in [0.5, 0.6) is 0 Å². The van der Waals surface area contributed by atoms with E-state index in [9.17, 15) is 9.59 Å². The summed E-state index contributed by atoms with van der Waals surface area (Å²) in [7, 11) is 3.31. The molecule has 6 nitrogen and oxygen atoms in total. The highest BCUT2D eigenvalue weighted by Gasteiger charge is 2.31. The van der Waals surface area contributed by atoms with Crippen LogP contribution in [-0.2, 0) is 4.74 Å². The third kappa shape index (κ3) is 3.06. The summed E-state index contributed by atoms with van der Waals surface area (Å²) in [6.45, 7) is 3.54. The molecule has 0 spiro atoms. The second-order valence-electron chi connectivity index (χ2n) is 6.80. The fourth-order valence-electron chi connectivity index (χ4n) is 3.43. The van der Waals surface area contributed by atoms with Gasteiger partial charge in [0.25, 0.3) is 11.5 Å². The van der Waals surface area contributed by atoms with Crippen molar-refractivity contribution in [2.75, 3.05) is 32.1 Å². The average Bonchev–Trinajstić information content (AvgIpc) is 2.66. The van der Waals surface area contributed by atoms with Crippen molar-refractivity contribution in [1.82, 2.24) is 10.3 Å². The van der Waals surface area contributed by atoms with Crippen LogP contribution in [0.25, 0.3) is 10.9 Å². The lowest BCUT2D eigenvalue weighted by atomic mass is 9.92. The molecule has 0 radical (unpaired) electrons. The predicted molar refractivity (Wildman–Crippen MR) is 103 cm³/mol. The van der Waals surface area contributed by atoms with Gasteiger partial charge in [0.2, 0.25) is 0 Å². The summed E-state index contributed by atoms with van der Waals surface area (Å²) in [6, 6.07) is 5.22. The van der Waals surface area contributed by atoms with Crippen LogP contribution in [0.15, 0.2) is 23.0 Å². The first kappa shape index (κ1) is 18.0. The number of hydrogen-bond acceptors (Lipinski definition) is 4. The van der Waals surface area contributed by atoms with Crippen molar-refractivity contribution in [1.29, 1.82) is 0 Å². The van der Waals surface area contributed by atoms with Crippen LogP contribution in [0.2, 0.25) is 0 Å². The molecule has 1 aromatic carbocycles. The van der Waals surface area contributed by atoms with Crippen LogP contribution in [-0.4, -0.2) is 43.7 Å². The zero-order valence-corrected chi connectivity index (χ0v) is 15.3. The normalized spacial score (nSPS) is 16.3. The first-order valence-electron chi connectivity index (χ1n) is 8.61. The molecule has 1 saturated heterocycles. The van der Waals surface area contributed by atoms with Gasteiger partial charge in [-0.3, -0.25) is 9.59 Å². The number of pyridine rings is 1. The Morgan fingerprint density at radius 3 is 2.65 bits per heavy atom. The predicted octanol–water partition coefficient (Wildman–Crippen LogP) is 1.87. The number of piperidine rings is 1. The van der Waals surface area contributed by atoms with Crippen molar-refractivity contribution in [2.24, 2.45) is 0 Å². The Bertz CT molecular complexity index is 947. The lowest BCUT2D eigenvalue weighted by Gasteiger charge is -2.40. The number of fused-ring (bicyclic) bond motifs is 1. The summed E-state index contributed by atoms with van der Waals surface area (Å²) >= 11 is 0. The number of methoxy groups -OCH3 is 1. The molecule has 0 unspecified atom stereocenters. The highest BCUT2D eigenvalue weighted by atomic mass is 16.5. The number of carbonyl (C=O) groups is 1. The van der Waals surface area contributed by atoms with E-state index in [1.54, 1.807) is 32.4 Å². The number of terminal acetylenes is 1. The Hall–Kier alpha value is -2.78. The fourth-order valence-corrected chi connectivity index (χ4v) is 3.43. The van der Waals surface area contributed by atoms with Crippen molar-refractivity contribution in [2.45, 2.75) is 25.4 Å². The highest BCUT2D eigenvalue weighted by molar-refractivity contribution is 6.02. The van der Waals surface area contributed by atoms with Gasteiger partial charge in [-0.25, -0.2) is 0 Å². The van der Waals surface area contributed by atoms with Gasteiger partial charge in [-0.05, 0) is 38.0 Å². The molecule has 1 aliphatic rings. The number of hydrogen-bond donors (Lipinski definition) is 2. The van der Waals surface area contributed by atoms with Gasteiger partial charge in [-0.15, -0.1) is 6.42 Å². The molecular weight excluding hydrogens is 330 g/mol.